The van der Waals surface area contributed by atoms with Crippen molar-refractivity contribution in [2.24, 2.45) is 5.73 Å². The van der Waals surface area contributed by atoms with Crippen LogP contribution in [0.5, 0.6) is 0 Å². The summed E-state index contributed by atoms with van der Waals surface area (Å²) in [6.45, 7) is 0. The van der Waals surface area contributed by atoms with E-state index in [1.54, 1.807) is 0 Å². The summed E-state index contributed by atoms with van der Waals surface area (Å²) in [6, 6.07) is 0. The molecule has 1 aromatic rings. The third kappa shape index (κ3) is 1.01. The third-order valence-corrected chi connectivity index (χ3v) is 2.07. The minimum absolute atomic E-state index is 0.341. The molecular formula is C7H8F2N2O. The van der Waals surface area contributed by atoms with E-state index in [4.69, 9.17) is 10.2 Å². The molecule has 66 valence electrons. The fourth-order valence-corrected chi connectivity index (χ4v) is 1.51. The van der Waals surface area contributed by atoms with E-state index in [2.05, 4.69) is 4.98 Å². The molecule has 1 aromatic heterocycles. The van der Waals surface area contributed by atoms with Gasteiger partial charge in [-0.25, -0.2) is 13.8 Å². The summed E-state index contributed by atoms with van der Waals surface area (Å²) in [5.74, 6) is -2.30. The van der Waals surface area contributed by atoms with E-state index in [9.17, 15) is 8.78 Å². The van der Waals surface area contributed by atoms with E-state index < -0.39 is 11.5 Å². The van der Waals surface area contributed by atoms with Crippen LogP contribution in [-0.4, -0.2) is 10.9 Å². The van der Waals surface area contributed by atoms with Crippen LogP contribution in [0.4, 0.5) is 8.78 Å². The lowest BCUT2D eigenvalue weighted by Gasteiger charge is -2.42. The molecule has 0 aliphatic heterocycles. The molecule has 12 heavy (non-hydrogen) atoms. The van der Waals surface area contributed by atoms with E-state index in [1.807, 2.05) is 0 Å². The van der Waals surface area contributed by atoms with E-state index >= 15 is 0 Å². The first-order valence-corrected chi connectivity index (χ1v) is 3.58. The molecule has 5 heteroatoms. The zero-order valence-corrected chi connectivity index (χ0v) is 6.26. The first-order valence-electron chi connectivity index (χ1n) is 3.58. The highest BCUT2D eigenvalue weighted by Crippen LogP contribution is 2.49. The Balaban J connectivity index is 2.18. The number of nitrogens with zero attached hydrogens (tertiary/aromatic N) is 1. The molecule has 1 fully saturated rings. The Labute approximate surface area is 67.6 Å². The highest BCUT2D eigenvalue weighted by molar-refractivity contribution is 5.16. The minimum atomic E-state index is -2.64. The molecule has 3 nitrogen and oxygen atoms in total. The second-order valence-electron chi connectivity index (χ2n) is 3.23. The van der Waals surface area contributed by atoms with E-state index in [1.165, 1.54) is 12.6 Å². The Kier molecular flexibility index (Phi) is 1.30. The molecule has 0 aromatic carbocycles. The van der Waals surface area contributed by atoms with Gasteiger partial charge in [0.15, 0.2) is 6.39 Å². The van der Waals surface area contributed by atoms with Gasteiger partial charge in [-0.05, 0) is 0 Å². The van der Waals surface area contributed by atoms with Gasteiger partial charge < -0.3 is 10.2 Å². The van der Waals surface area contributed by atoms with Crippen LogP contribution in [0.3, 0.4) is 0 Å². The average molecular weight is 174 g/mol. The van der Waals surface area contributed by atoms with Gasteiger partial charge in [0.1, 0.15) is 5.76 Å². The first kappa shape index (κ1) is 7.67. The van der Waals surface area contributed by atoms with E-state index in [0.717, 1.165) is 0 Å². The van der Waals surface area contributed by atoms with Crippen LogP contribution < -0.4 is 5.73 Å². The number of rotatable bonds is 1. The van der Waals surface area contributed by atoms with Gasteiger partial charge in [0.25, 0.3) is 5.92 Å². The summed E-state index contributed by atoms with van der Waals surface area (Å²) in [5, 5.41) is 0. The largest absolute Gasteiger partial charge is 0.447 e. The van der Waals surface area contributed by atoms with Crippen LogP contribution in [0.15, 0.2) is 17.0 Å². The maximum Gasteiger partial charge on any atom is 0.252 e. The van der Waals surface area contributed by atoms with Gasteiger partial charge in [0, 0.05) is 12.8 Å². The van der Waals surface area contributed by atoms with Crippen LogP contribution >= 0.6 is 0 Å². The molecular weight excluding hydrogens is 166 g/mol. The van der Waals surface area contributed by atoms with Crippen molar-refractivity contribution in [3.63, 3.8) is 0 Å². The predicted molar refractivity (Wildman–Crippen MR) is 36.5 cm³/mol. The van der Waals surface area contributed by atoms with Crippen molar-refractivity contribution >= 4 is 0 Å². The summed E-state index contributed by atoms with van der Waals surface area (Å²) >= 11 is 0. The minimum Gasteiger partial charge on any atom is -0.447 e. The Bertz CT molecular complexity index is 276. The number of oxazole rings is 1. The summed E-state index contributed by atoms with van der Waals surface area (Å²) in [5.41, 5.74) is 4.63. The van der Waals surface area contributed by atoms with Gasteiger partial charge in [-0.2, -0.15) is 0 Å². The van der Waals surface area contributed by atoms with Crippen molar-refractivity contribution in [3.8, 4) is 0 Å². The fraction of sp³-hybridized carbons (Fsp3) is 0.571. The zero-order valence-electron chi connectivity index (χ0n) is 6.26. The van der Waals surface area contributed by atoms with Crippen molar-refractivity contribution in [2.45, 2.75) is 24.3 Å². The smallest absolute Gasteiger partial charge is 0.252 e. The molecule has 1 saturated carbocycles. The van der Waals surface area contributed by atoms with Crippen LogP contribution in [0, 0.1) is 0 Å². The van der Waals surface area contributed by atoms with E-state index in [0.29, 0.717) is 5.76 Å². The van der Waals surface area contributed by atoms with Crippen molar-refractivity contribution < 1.29 is 13.2 Å². The third-order valence-electron chi connectivity index (χ3n) is 2.07. The predicted octanol–water partition coefficient (Wildman–Crippen LogP) is 1.26. The molecule has 0 amide bonds. The Morgan fingerprint density at radius 2 is 2.17 bits per heavy atom. The zero-order chi connectivity index (χ0) is 8.82. The SMILES string of the molecule is NC1(c2cnco2)CC(F)(F)C1. The van der Waals surface area contributed by atoms with E-state index in [-0.39, 0.29) is 12.8 Å². The topological polar surface area (TPSA) is 52.0 Å². The van der Waals surface area contributed by atoms with Gasteiger partial charge >= 0.3 is 0 Å². The van der Waals surface area contributed by atoms with Gasteiger partial charge in [-0.1, -0.05) is 0 Å². The summed E-state index contributed by atoms with van der Waals surface area (Å²) in [4.78, 5) is 3.63. The Morgan fingerprint density at radius 3 is 2.58 bits per heavy atom. The second-order valence-corrected chi connectivity index (χ2v) is 3.23. The highest BCUT2D eigenvalue weighted by atomic mass is 19.3. The van der Waals surface area contributed by atoms with Crippen molar-refractivity contribution in [2.75, 3.05) is 0 Å². The Morgan fingerprint density at radius 1 is 1.50 bits per heavy atom. The molecule has 0 bridgehead atoms. The lowest BCUT2D eigenvalue weighted by atomic mass is 9.73. The quantitative estimate of drug-likeness (QED) is 0.697. The lowest BCUT2D eigenvalue weighted by molar-refractivity contribution is -0.130. The molecule has 0 radical (unpaired) electrons. The summed E-state index contributed by atoms with van der Waals surface area (Å²) in [7, 11) is 0. The second kappa shape index (κ2) is 2.04. The molecule has 1 aliphatic carbocycles. The summed E-state index contributed by atoms with van der Waals surface area (Å²) in [6.07, 6.45) is 1.88. The molecule has 0 saturated heterocycles. The molecule has 1 heterocycles. The maximum atomic E-state index is 12.5. The number of nitrogens with two attached hydrogens (primary N) is 1. The number of hydrogen-bond donors (Lipinski definition) is 1. The number of aromatic nitrogens is 1. The molecule has 0 atom stereocenters. The highest BCUT2D eigenvalue weighted by Gasteiger charge is 2.57. The number of alkyl halides is 2. The lowest BCUT2D eigenvalue weighted by Crippen LogP contribution is -2.55. The molecule has 2 rings (SSSR count). The molecule has 2 N–H and O–H groups in total. The summed E-state index contributed by atoms with van der Waals surface area (Å²) < 4.78 is 29.8. The monoisotopic (exact) mass is 174 g/mol. The van der Waals surface area contributed by atoms with Crippen LogP contribution in [0.2, 0.25) is 0 Å². The van der Waals surface area contributed by atoms with Crippen LogP contribution in [0.25, 0.3) is 0 Å². The molecule has 0 unspecified atom stereocenters. The van der Waals surface area contributed by atoms with Gasteiger partial charge in [-0.15, -0.1) is 0 Å². The number of hydrogen-bond acceptors (Lipinski definition) is 3. The Hall–Kier alpha value is -0.970. The van der Waals surface area contributed by atoms with Gasteiger partial charge in [0.2, 0.25) is 0 Å². The van der Waals surface area contributed by atoms with Crippen LogP contribution in [-0.2, 0) is 5.54 Å². The van der Waals surface area contributed by atoms with Gasteiger partial charge in [0.05, 0.1) is 11.7 Å². The van der Waals surface area contributed by atoms with Crippen LogP contribution in [0.1, 0.15) is 18.6 Å². The van der Waals surface area contributed by atoms with Crippen molar-refractivity contribution in [1.82, 2.24) is 4.98 Å². The molecule has 1 aliphatic rings. The average Bonchev–Trinajstić information content (AvgIpc) is 2.31. The maximum absolute atomic E-state index is 12.5. The molecule has 0 spiro atoms. The van der Waals surface area contributed by atoms with Crippen molar-refractivity contribution in [1.29, 1.82) is 0 Å². The fourth-order valence-electron chi connectivity index (χ4n) is 1.51. The normalized spacial score (nSPS) is 24.9. The van der Waals surface area contributed by atoms with Gasteiger partial charge in [-0.3, -0.25) is 0 Å². The standard InChI is InChI=1S/C7H8F2N2O/c8-7(9)2-6(10,3-7)5-1-11-4-12-5/h1,4H,2-3,10H2. The van der Waals surface area contributed by atoms with Crippen molar-refractivity contribution in [3.05, 3.63) is 18.4 Å². The number of halogens is 2. The first-order chi connectivity index (χ1) is 5.52.